The van der Waals surface area contributed by atoms with Crippen LogP contribution >= 0.6 is 0 Å². The third kappa shape index (κ3) is 3.28. The third-order valence-corrected chi connectivity index (χ3v) is 3.77. The molecule has 0 saturated carbocycles. The van der Waals surface area contributed by atoms with Gasteiger partial charge in [0.15, 0.2) is 11.5 Å². The number of furan rings is 1. The molecule has 0 unspecified atom stereocenters. The van der Waals surface area contributed by atoms with Crippen molar-refractivity contribution in [2.45, 2.75) is 33.1 Å². The first kappa shape index (κ1) is 15.3. The predicted molar refractivity (Wildman–Crippen MR) is 88.1 cm³/mol. The van der Waals surface area contributed by atoms with E-state index >= 15 is 0 Å². The van der Waals surface area contributed by atoms with Gasteiger partial charge in [0, 0.05) is 31.0 Å². The van der Waals surface area contributed by atoms with Crippen LogP contribution in [0, 0.1) is 0 Å². The van der Waals surface area contributed by atoms with E-state index in [1.165, 1.54) is 6.92 Å². The summed E-state index contributed by atoms with van der Waals surface area (Å²) in [6.07, 6.45) is 4.04. The second kappa shape index (κ2) is 6.69. The molecule has 3 aromatic rings. The Labute approximate surface area is 134 Å². The van der Waals surface area contributed by atoms with Crippen LogP contribution in [0.3, 0.4) is 0 Å². The average molecular weight is 312 g/mol. The molecule has 0 aliphatic rings. The Balaban J connectivity index is 1.97. The van der Waals surface area contributed by atoms with Gasteiger partial charge in [-0.25, -0.2) is 4.98 Å². The lowest BCUT2D eigenvalue weighted by molar-refractivity contribution is -0.118. The van der Waals surface area contributed by atoms with Crippen molar-refractivity contribution in [3.8, 4) is 11.3 Å². The standard InChI is InChI=1S/C18H20N2O3/c1-3-17-20-15-9-8-13(16-7-5-11-22-16)14(18(15)23-17)6-4-10-19-12(2)21/h5,7-9,11H,3-4,6,10H2,1-2H3,(H,19,21). The molecule has 2 aromatic heterocycles. The smallest absolute Gasteiger partial charge is 0.216 e. The van der Waals surface area contributed by atoms with Crippen LogP contribution in [0.4, 0.5) is 0 Å². The van der Waals surface area contributed by atoms with Gasteiger partial charge in [0.05, 0.1) is 6.26 Å². The molecule has 0 fully saturated rings. The number of nitrogens with one attached hydrogen (secondary N) is 1. The molecule has 0 spiro atoms. The molecule has 0 saturated heterocycles. The fourth-order valence-corrected chi connectivity index (χ4v) is 2.68. The first-order chi connectivity index (χ1) is 11.2. The SMILES string of the molecule is CCc1nc2ccc(-c3ccco3)c(CCCNC(C)=O)c2o1. The van der Waals surface area contributed by atoms with Crippen LogP contribution in [0.1, 0.15) is 31.7 Å². The zero-order valence-corrected chi connectivity index (χ0v) is 13.4. The number of fused-ring (bicyclic) bond motifs is 1. The van der Waals surface area contributed by atoms with E-state index in [2.05, 4.69) is 10.3 Å². The van der Waals surface area contributed by atoms with Gasteiger partial charge >= 0.3 is 0 Å². The number of oxazole rings is 1. The van der Waals surface area contributed by atoms with Gasteiger partial charge in [-0.1, -0.05) is 6.92 Å². The van der Waals surface area contributed by atoms with Crippen molar-refractivity contribution in [1.29, 1.82) is 0 Å². The second-order valence-electron chi connectivity index (χ2n) is 5.46. The average Bonchev–Trinajstić information content (AvgIpc) is 3.19. The molecule has 0 aliphatic heterocycles. The third-order valence-electron chi connectivity index (χ3n) is 3.77. The lowest BCUT2D eigenvalue weighted by atomic mass is 9.99. The van der Waals surface area contributed by atoms with Crippen molar-refractivity contribution in [2.24, 2.45) is 0 Å². The van der Waals surface area contributed by atoms with E-state index in [9.17, 15) is 4.79 Å². The number of hydrogen-bond donors (Lipinski definition) is 1. The maximum absolute atomic E-state index is 11.0. The molecule has 5 nitrogen and oxygen atoms in total. The Bertz CT molecular complexity index is 803. The molecule has 1 amide bonds. The number of amides is 1. The van der Waals surface area contributed by atoms with Crippen molar-refractivity contribution in [3.05, 3.63) is 42.0 Å². The summed E-state index contributed by atoms with van der Waals surface area (Å²) in [7, 11) is 0. The quantitative estimate of drug-likeness (QED) is 0.704. The van der Waals surface area contributed by atoms with Crippen molar-refractivity contribution in [2.75, 3.05) is 6.54 Å². The number of carbonyl (C=O) groups excluding carboxylic acids is 1. The lowest BCUT2D eigenvalue weighted by Crippen LogP contribution is -2.21. The van der Waals surface area contributed by atoms with E-state index in [0.717, 1.165) is 53.1 Å². The molecule has 2 heterocycles. The molecular weight excluding hydrogens is 292 g/mol. The number of hydrogen-bond acceptors (Lipinski definition) is 4. The van der Waals surface area contributed by atoms with Crippen LogP contribution in [0.15, 0.2) is 39.4 Å². The van der Waals surface area contributed by atoms with Gasteiger partial charge in [-0.2, -0.15) is 0 Å². The molecule has 23 heavy (non-hydrogen) atoms. The monoisotopic (exact) mass is 312 g/mol. The van der Waals surface area contributed by atoms with Gasteiger partial charge in [-0.3, -0.25) is 4.79 Å². The topological polar surface area (TPSA) is 68.3 Å². The van der Waals surface area contributed by atoms with E-state index in [1.54, 1.807) is 6.26 Å². The molecule has 0 atom stereocenters. The second-order valence-corrected chi connectivity index (χ2v) is 5.46. The molecular formula is C18H20N2O3. The highest BCUT2D eigenvalue weighted by molar-refractivity contribution is 5.84. The minimum Gasteiger partial charge on any atom is -0.464 e. The van der Waals surface area contributed by atoms with Gasteiger partial charge in [0.25, 0.3) is 0 Å². The summed E-state index contributed by atoms with van der Waals surface area (Å²) in [6, 6.07) is 7.80. The van der Waals surface area contributed by atoms with Crippen molar-refractivity contribution < 1.29 is 13.6 Å². The number of rotatable bonds is 6. The molecule has 3 rings (SSSR count). The summed E-state index contributed by atoms with van der Waals surface area (Å²) in [4.78, 5) is 15.5. The molecule has 5 heteroatoms. The molecule has 1 aromatic carbocycles. The van der Waals surface area contributed by atoms with Crippen LogP contribution in [-0.4, -0.2) is 17.4 Å². The Kier molecular flexibility index (Phi) is 4.46. The van der Waals surface area contributed by atoms with Gasteiger partial charge in [0.1, 0.15) is 11.3 Å². The van der Waals surface area contributed by atoms with E-state index < -0.39 is 0 Å². The van der Waals surface area contributed by atoms with Crippen molar-refractivity contribution >= 4 is 17.0 Å². The first-order valence-corrected chi connectivity index (χ1v) is 7.88. The Morgan fingerprint density at radius 1 is 1.30 bits per heavy atom. The van der Waals surface area contributed by atoms with E-state index in [-0.39, 0.29) is 5.91 Å². The molecule has 0 bridgehead atoms. The minimum absolute atomic E-state index is 0.0117. The van der Waals surface area contributed by atoms with Gasteiger partial charge in [-0.15, -0.1) is 0 Å². The van der Waals surface area contributed by atoms with Crippen LogP contribution in [-0.2, 0) is 17.6 Å². The number of aryl methyl sites for hydroxylation is 2. The van der Waals surface area contributed by atoms with Gasteiger partial charge in [-0.05, 0) is 37.1 Å². The molecule has 0 radical (unpaired) electrons. The van der Waals surface area contributed by atoms with Crippen LogP contribution in [0.2, 0.25) is 0 Å². The largest absolute Gasteiger partial charge is 0.464 e. The first-order valence-electron chi connectivity index (χ1n) is 7.88. The summed E-state index contributed by atoms with van der Waals surface area (Å²) in [5.74, 6) is 1.54. The number of aromatic nitrogens is 1. The Morgan fingerprint density at radius 2 is 2.17 bits per heavy atom. The molecule has 120 valence electrons. The zero-order valence-electron chi connectivity index (χ0n) is 13.4. The van der Waals surface area contributed by atoms with Crippen LogP contribution in [0.25, 0.3) is 22.4 Å². The van der Waals surface area contributed by atoms with E-state index in [4.69, 9.17) is 8.83 Å². The van der Waals surface area contributed by atoms with Gasteiger partial charge in [0.2, 0.25) is 5.91 Å². The maximum Gasteiger partial charge on any atom is 0.216 e. The highest BCUT2D eigenvalue weighted by Gasteiger charge is 2.16. The normalized spacial score (nSPS) is 11.0. The van der Waals surface area contributed by atoms with Crippen LogP contribution < -0.4 is 5.32 Å². The Morgan fingerprint density at radius 3 is 2.87 bits per heavy atom. The molecule has 0 aliphatic carbocycles. The number of nitrogens with zero attached hydrogens (tertiary/aromatic N) is 1. The zero-order chi connectivity index (χ0) is 16.2. The maximum atomic E-state index is 11.0. The van der Waals surface area contributed by atoms with Crippen molar-refractivity contribution in [3.63, 3.8) is 0 Å². The predicted octanol–water partition coefficient (Wildman–Crippen LogP) is 3.72. The summed E-state index contributed by atoms with van der Waals surface area (Å²) in [6.45, 7) is 4.19. The Hall–Kier alpha value is -2.56. The fraction of sp³-hybridized carbons (Fsp3) is 0.333. The van der Waals surface area contributed by atoms with Crippen LogP contribution in [0.5, 0.6) is 0 Å². The number of benzene rings is 1. The highest BCUT2D eigenvalue weighted by Crippen LogP contribution is 2.32. The van der Waals surface area contributed by atoms with E-state index in [0.29, 0.717) is 6.54 Å². The van der Waals surface area contributed by atoms with Crippen molar-refractivity contribution in [1.82, 2.24) is 10.3 Å². The summed E-state index contributed by atoms with van der Waals surface area (Å²) < 4.78 is 11.5. The highest BCUT2D eigenvalue weighted by atomic mass is 16.3. The van der Waals surface area contributed by atoms with Gasteiger partial charge < -0.3 is 14.2 Å². The summed E-state index contributed by atoms with van der Waals surface area (Å²) in [5.41, 5.74) is 3.78. The minimum atomic E-state index is -0.0117. The number of carbonyl (C=O) groups is 1. The summed E-state index contributed by atoms with van der Waals surface area (Å²) in [5, 5.41) is 2.83. The fourth-order valence-electron chi connectivity index (χ4n) is 2.68. The lowest BCUT2D eigenvalue weighted by Gasteiger charge is -2.08. The van der Waals surface area contributed by atoms with E-state index in [1.807, 2.05) is 31.2 Å². The molecule has 1 N–H and O–H groups in total. The summed E-state index contributed by atoms with van der Waals surface area (Å²) >= 11 is 0.